The Bertz CT molecular complexity index is 493. The van der Waals surface area contributed by atoms with Gasteiger partial charge in [0.2, 0.25) is 0 Å². The molecule has 0 unspecified atom stereocenters. The molecule has 110 valence electrons. The fraction of sp³-hybridized carbons (Fsp3) is 0.733. The summed E-state index contributed by atoms with van der Waals surface area (Å²) in [7, 11) is 0. The fourth-order valence-corrected chi connectivity index (χ4v) is 4.22. The summed E-state index contributed by atoms with van der Waals surface area (Å²) < 4.78 is 11.6. The highest BCUT2D eigenvalue weighted by atomic mass is 32.1. The van der Waals surface area contributed by atoms with Crippen molar-refractivity contribution in [2.75, 3.05) is 6.61 Å². The van der Waals surface area contributed by atoms with Crippen molar-refractivity contribution in [2.24, 2.45) is 5.41 Å². The fourth-order valence-electron chi connectivity index (χ4n) is 3.64. The third-order valence-corrected chi connectivity index (χ3v) is 5.46. The molecule has 0 N–H and O–H groups in total. The molecule has 2 aliphatic rings. The first-order valence-corrected chi connectivity index (χ1v) is 8.28. The summed E-state index contributed by atoms with van der Waals surface area (Å²) in [5, 5.41) is 2.67. The van der Waals surface area contributed by atoms with Crippen LogP contribution < -0.4 is 0 Å². The molecule has 3 rings (SSSR count). The van der Waals surface area contributed by atoms with Crippen LogP contribution in [0.15, 0.2) is 5.38 Å². The lowest BCUT2D eigenvalue weighted by atomic mass is 9.62. The van der Waals surface area contributed by atoms with Gasteiger partial charge in [-0.1, -0.05) is 12.8 Å². The van der Waals surface area contributed by atoms with E-state index in [9.17, 15) is 4.79 Å². The van der Waals surface area contributed by atoms with Crippen molar-refractivity contribution in [1.29, 1.82) is 0 Å². The van der Waals surface area contributed by atoms with E-state index in [0.717, 1.165) is 30.9 Å². The van der Waals surface area contributed by atoms with Crippen LogP contribution in [0.1, 0.15) is 54.5 Å². The second-order valence-electron chi connectivity index (χ2n) is 5.77. The minimum Gasteiger partial charge on any atom is -0.457 e. The smallest absolute Gasteiger partial charge is 0.358 e. The number of nitrogens with zero attached hydrogens (tertiary/aromatic N) is 1. The minimum absolute atomic E-state index is 0.0102. The number of thiazole rings is 1. The zero-order valence-electron chi connectivity index (χ0n) is 12.1. The Morgan fingerprint density at radius 2 is 2.20 bits per heavy atom. The van der Waals surface area contributed by atoms with Crippen LogP contribution in [0.2, 0.25) is 0 Å². The second-order valence-corrected chi connectivity index (χ2v) is 6.83. The van der Waals surface area contributed by atoms with E-state index in [-0.39, 0.29) is 23.6 Å². The number of carbonyl (C=O) groups is 1. The molecule has 1 aromatic heterocycles. The number of carbonyl (C=O) groups excluding carboxylic acids is 1. The number of hydrogen-bond acceptors (Lipinski definition) is 5. The van der Waals surface area contributed by atoms with E-state index in [0.29, 0.717) is 5.69 Å². The van der Waals surface area contributed by atoms with E-state index < -0.39 is 0 Å². The summed E-state index contributed by atoms with van der Waals surface area (Å²) in [4.78, 5) is 16.4. The van der Waals surface area contributed by atoms with Crippen molar-refractivity contribution in [3.05, 3.63) is 16.1 Å². The predicted molar refractivity (Wildman–Crippen MR) is 77.0 cm³/mol. The monoisotopic (exact) mass is 295 g/mol. The van der Waals surface area contributed by atoms with Crippen LogP contribution in [0.5, 0.6) is 0 Å². The molecule has 5 heteroatoms. The third kappa shape index (κ3) is 2.27. The van der Waals surface area contributed by atoms with Gasteiger partial charge >= 0.3 is 5.97 Å². The van der Waals surface area contributed by atoms with E-state index in [1.54, 1.807) is 5.38 Å². The SMILES string of the molecule is CCO[C@@H]1C[C@@H](OC(=O)c2csc(C)n2)C12CCCC2. The van der Waals surface area contributed by atoms with Gasteiger partial charge in [-0.2, -0.15) is 0 Å². The molecule has 1 aromatic rings. The van der Waals surface area contributed by atoms with Gasteiger partial charge in [0.1, 0.15) is 6.10 Å². The zero-order chi connectivity index (χ0) is 14.2. The molecule has 2 aliphatic carbocycles. The molecule has 0 aliphatic heterocycles. The average Bonchev–Trinajstić information content (AvgIpc) is 3.07. The number of hydrogen-bond donors (Lipinski definition) is 0. The summed E-state index contributed by atoms with van der Waals surface area (Å²) in [6.07, 6.45) is 5.78. The first kappa shape index (κ1) is 14.0. The summed E-state index contributed by atoms with van der Waals surface area (Å²) in [5.74, 6) is -0.277. The Morgan fingerprint density at radius 3 is 2.80 bits per heavy atom. The summed E-state index contributed by atoms with van der Waals surface area (Å²) in [6.45, 7) is 4.66. The molecule has 1 spiro atoms. The maximum atomic E-state index is 12.1. The van der Waals surface area contributed by atoms with Gasteiger partial charge < -0.3 is 9.47 Å². The van der Waals surface area contributed by atoms with Crippen molar-refractivity contribution < 1.29 is 14.3 Å². The van der Waals surface area contributed by atoms with Gasteiger partial charge in [0.25, 0.3) is 0 Å². The van der Waals surface area contributed by atoms with E-state index in [1.807, 2.05) is 13.8 Å². The number of ether oxygens (including phenoxy) is 2. The molecule has 0 amide bonds. The maximum Gasteiger partial charge on any atom is 0.358 e. The highest BCUT2D eigenvalue weighted by Gasteiger charge is 2.58. The van der Waals surface area contributed by atoms with Gasteiger partial charge in [-0.15, -0.1) is 11.3 Å². The quantitative estimate of drug-likeness (QED) is 0.799. The van der Waals surface area contributed by atoms with Gasteiger partial charge in [0.05, 0.1) is 11.1 Å². The number of rotatable bonds is 4. The Hall–Kier alpha value is -0.940. The lowest BCUT2D eigenvalue weighted by Gasteiger charge is -2.52. The van der Waals surface area contributed by atoms with Crippen molar-refractivity contribution >= 4 is 17.3 Å². The lowest BCUT2D eigenvalue weighted by molar-refractivity contribution is -0.188. The number of esters is 1. The van der Waals surface area contributed by atoms with Crippen LogP contribution in [0.25, 0.3) is 0 Å². The zero-order valence-corrected chi connectivity index (χ0v) is 12.9. The van der Waals surface area contributed by atoms with Crippen LogP contribution >= 0.6 is 11.3 Å². The third-order valence-electron chi connectivity index (χ3n) is 4.69. The Balaban J connectivity index is 1.67. The molecule has 20 heavy (non-hydrogen) atoms. The van der Waals surface area contributed by atoms with Gasteiger partial charge in [0, 0.05) is 23.8 Å². The maximum absolute atomic E-state index is 12.1. The molecule has 0 bridgehead atoms. The Morgan fingerprint density at radius 1 is 1.45 bits per heavy atom. The van der Waals surface area contributed by atoms with Crippen LogP contribution in [0.4, 0.5) is 0 Å². The molecule has 0 radical (unpaired) electrons. The minimum atomic E-state index is -0.277. The Labute approximate surface area is 123 Å². The summed E-state index contributed by atoms with van der Waals surface area (Å²) in [6, 6.07) is 0. The van der Waals surface area contributed by atoms with Gasteiger partial charge in [0.15, 0.2) is 5.69 Å². The molecule has 0 saturated heterocycles. The number of aryl methyl sites for hydroxylation is 1. The van der Waals surface area contributed by atoms with Gasteiger partial charge in [-0.05, 0) is 26.7 Å². The lowest BCUT2D eigenvalue weighted by Crippen LogP contribution is -2.58. The number of aromatic nitrogens is 1. The topological polar surface area (TPSA) is 48.4 Å². The van der Waals surface area contributed by atoms with Crippen molar-refractivity contribution in [3.63, 3.8) is 0 Å². The van der Waals surface area contributed by atoms with Gasteiger partial charge in [-0.3, -0.25) is 0 Å². The molecule has 1 heterocycles. The molecule has 2 atom stereocenters. The molecule has 0 aromatic carbocycles. The predicted octanol–water partition coefficient (Wildman–Crippen LogP) is 3.35. The van der Waals surface area contributed by atoms with Crippen molar-refractivity contribution in [2.45, 2.75) is 58.2 Å². The van der Waals surface area contributed by atoms with E-state index in [1.165, 1.54) is 24.2 Å². The summed E-state index contributed by atoms with van der Waals surface area (Å²) in [5.41, 5.74) is 0.525. The molecular weight excluding hydrogens is 274 g/mol. The molecule has 2 saturated carbocycles. The first-order valence-electron chi connectivity index (χ1n) is 7.40. The molecule has 2 fully saturated rings. The summed E-state index contributed by atoms with van der Waals surface area (Å²) >= 11 is 1.48. The van der Waals surface area contributed by atoms with Crippen LogP contribution in [-0.4, -0.2) is 29.8 Å². The van der Waals surface area contributed by atoms with Crippen molar-refractivity contribution in [3.8, 4) is 0 Å². The van der Waals surface area contributed by atoms with Crippen LogP contribution in [-0.2, 0) is 9.47 Å². The average molecular weight is 295 g/mol. The largest absolute Gasteiger partial charge is 0.457 e. The van der Waals surface area contributed by atoms with E-state index in [2.05, 4.69) is 4.98 Å². The molecule has 4 nitrogen and oxygen atoms in total. The van der Waals surface area contributed by atoms with E-state index >= 15 is 0 Å². The highest BCUT2D eigenvalue weighted by molar-refractivity contribution is 7.09. The van der Waals surface area contributed by atoms with Crippen molar-refractivity contribution in [1.82, 2.24) is 4.98 Å². The van der Waals surface area contributed by atoms with E-state index in [4.69, 9.17) is 9.47 Å². The molecular formula is C15H21NO3S. The normalized spacial score (nSPS) is 27.5. The Kier molecular flexibility index (Phi) is 3.82. The van der Waals surface area contributed by atoms with Crippen LogP contribution in [0, 0.1) is 12.3 Å². The second kappa shape index (κ2) is 5.45. The standard InChI is InChI=1S/C15H21NO3S/c1-3-18-12-8-13(15(12)6-4-5-7-15)19-14(17)11-9-20-10(2)16-11/h9,12-13H,3-8H2,1-2H3/t12-,13-/m1/s1. The van der Waals surface area contributed by atoms with Crippen LogP contribution in [0.3, 0.4) is 0 Å². The first-order chi connectivity index (χ1) is 9.65. The van der Waals surface area contributed by atoms with Gasteiger partial charge in [-0.25, -0.2) is 9.78 Å². The highest BCUT2D eigenvalue weighted by Crippen LogP contribution is 2.56.